The Bertz CT molecular complexity index is 439. The number of hydrogen-bond acceptors (Lipinski definition) is 4. The lowest BCUT2D eigenvalue weighted by molar-refractivity contribution is 0.293. The molecule has 0 amide bonds. The highest BCUT2D eigenvalue weighted by Crippen LogP contribution is 2.36. The molecule has 1 aromatic rings. The maximum atomic E-state index is 4.99. The summed E-state index contributed by atoms with van der Waals surface area (Å²) in [5, 5.41) is 4.52. The van der Waals surface area contributed by atoms with Crippen LogP contribution >= 0.6 is 11.3 Å². The molecule has 4 heteroatoms. The second kappa shape index (κ2) is 6.44. The highest BCUT2D eigenvalue weighted by atomic mass is 32.1. The normalized spacial score (nSPS) is 20.1. The van der Waals surface area contributed by atoms with Crippen LogP contribution in [0.1, 0.15) is 63.4 Å². The molecule has 0 aromatic carbocycles. The van der Waals surface area contributed by atoms with Gasteiger partial charge in [0.2, 0.25) is 0 Å². The van der Waals surface area contributed by atoms with Gasteiger partial charge in [0.25, 0.3) is 0 Å². The fourth-order valence-electron chi connectivity index (χ4n) is 2.94. The van der Waals surface area contributed by atoms with Gasteiger partial charge in [0.15, 0.2) is 5.13 Å². The number of thiazole rings is 1. The molecule has 0 radical (unpaired) electrons. The number of piperidine rings is 1. The molecule has 1 aromatic heterocycles. The fraction of sp³-hybridized carbons (Fsp3) is 0.812. The molecule has 0 spiro atoms. The van der Waals surface area contributed by atoms with Crippen molar-refractivity contribution in [2.45, 2.75) is 59.4 Å². The van der Waals surface area contributed by atoms with Gasteiger partial charge in [-0.15, -0.1) is 11.3 Å². The monoisotopic (exact) mass is 295 g/mol. The van der Waals surface area contributed by atoms with Crippen LogP contribution in [0.4, 0.5) is 5.13 Å². The minimum absolute atomic E-state index is 0.420. The van der Waals surface area contributed by atoms with Gasteiger partial charge in [0.05, 0.1) is 5.69 Å². The van der Waals surface area contributed by atoms with E-state index in [4.69, 9.17) is 4.98 Å². The predicted octanol–water partition coefficient (Wildman–Crippen LogP) is 4.00. The molecule has 0 saturated carbocycles. The average molecular weight is 295 g/mol. The highest BCUT2D eigenvalue weighted by molar-refractivity contribution is 7.15. The summed E-state index contributed by atoms with van der Waals surface area (Å²) in [7, 11) is 2.02. The van der Waals surface area contributed by atoms with Gasteiger partial charge in [-0.1, -0.05) is 27.7 Å². The SMILES string of the molecule is CCC(C)c1nc(N2CCCC(C)(C)C2)sc1CNC. The maximum Gasteiger partial charge on any atom is 0.185 e. The summed E-state index contributed by atoms with van der Waals surface area (Å²) in [5.41, 5.74) is 1.73. The number of rotatable bonds is 5. The first-order chi connectivity index (χ1) is 9.46. The van der Waals surface area contributed by atoms with E-state index in [1.807, 2.05) is 18.4 Å². The van der Waals surface area contributed by atoms with Crippen LogP contribution in [-0.4, -0.2) is 25.1 Å². The lowest BCUT2D eigenvalue weighted by Crippen LogP contribution is -2.40. The Kier molecular flexibility index (Phi) is 5.08. The third-order valence-electron chi connectivity index (χ3n) is 4.30. The highest BCUT2D eigenvalue weighted by Gasteiger charge is 2.29. The van der Waals surface area contributed by atoms with Crippen molar-refractivity contribution in [2.75, 3.05) is 25.0 Å². The van der Waals surface area contributed by atoms with E-state index in [-0.39, 0.29) is 0 Å². The van der Waals surface area contributed by atoms with E-state index < -0.39 is 0 Å². The van der Waals surface area contributed by atoms with E-state index in [9.17, 15) is 0 Å². The molecule has 1 N–H and O–H groups in total. The van der Waals surface area contributed by atoms with Crippen molar-refractivity contribution in [1.29, 1.82) is 0 Å². The van der Waals surface area contributed by atoms with E-state index >= 15 is 0 Å². The minimum Gasteiger partial charge on any atom is -0.348 e. The number of aromatic nitrogens is 1. The second-order valence-electron chi connectivity index (χ2n) is 6.83. The van der Waals surface area contributed by atoms with Gasteiger partial charge in [-0.2, -0.15) is 0 Å². The molecule has 0 bridgehead atoms. The van der Waals surface area contributed by atoms with Gasteiger partial charge in [-0.25, -0.2) is 4.98 Å². The molecule has 3 nitrogen and oxygen atoms in total. The van der Waals surface area contributed by atoms with Crippen molar-refractivity contribution in [2.24, 2.45) is 5.41 Å². The van der Waals surface area contributed by atoms with Gasteiger partial charge >= 0.3 is 0 Å². The lowest BCUT2D eigenvalue weighted by Gasteiger charge is -2.37. The van der Waals surface area contributed by atoms with E-state index in [2.05, 4.69) is 37.9 Å². The van der Waals surface area contributed by atoms with Crippen molar-refractivity contribution >= 4 is 16.5 Å². The molecule has 0 aliphatic carbocycles. The number of hydrogen-bond donors (Lipinski definition) is 1. The average Bonchev–Trinajstić information content (AvgIpc) is 2.81. The van der Waals surface area contributed by atoms with E-state index in [1.165, 1.54) is 28.5 Å². The van der Waals surface area contributed by atoms with Crippen molar-refractivity contribution in [3.05, 3.63) is 10.6 Å². The molecular formula is C16H29N3S. The van der Waals surface area contributed by atoms with Crippen LogP contribution in [0.3, 0.4) is 0 Å². The Morgan fingerprint density at radius 2 is 2.20 bits per heavy atom. The molecule has 1 fully saturated rings. The Balaban J connectivity index is 2.23. The van der Waals surface area contributed by atoms with Crippen LogP contribution in [0.2, 0.25) is 0 Å². The van der Waals surface area contributed by atoms with Gasteiger partial charge < -0.3 is 10.2 Å². The molecule has 1 aliphatic rings. The van der Waals surface area contributed by atoms with Crippen LogP contribution in [0.25, 0.3) is 0 Å². The molecule has 1 aliphatic heterocycles. The Morgan fingerprint density at radius 3 is 2.80 bits per heavy atom. The molecule has 114 valence electrons. The fourth-order valence-corrected chi connectivity index (χ4v) is 4.16. The maximum absolute atomic E-state index is 4.99. The zero-order chi connectivity index (χ0) is 14.8. The van der Waals surface area contributed by atoms with Crippen molar-refractivity contribution in [3.63, 3.8) is 0 Å². The summed E-state index contributed by atoms with van der Waals surface area (Å²) in [6, 6.07) is 0. The number of nitrogens with zero attached hydrogens (tertiary/aromatic N) is 2. The van der Waals surface area contributed by atoms with Crippen LogP contribution in [0, 0.1) is 5.41 Å². The third kappa shape index (κ3) is 3.53. The van der Waals surface area contributed by atoms with Gasteiger partial charge in [-0.05, 0) is 37.6 Å². The third-order valence-corrected chi connectivity index (χ3v) is 5.44. The Morgan fingerprint density at radius 1 is 1.45 bits per heavy atom. The first-order valence-corrected chi connectivity index (χ1v) is 8.67. The standard InChI is InChI=1S/C16H29N3S/c1-6-12(2)14-13(10-17-5)20-15(18-14)19-9-7-8-16(3,4)11-19/h12,17H,6-11H2,1-5H3. The number of anilines is 1. The van der Waals surface area contributed by atoms with E-state index in [0.29, 0.717) is 11.3 Å². The van der Waals surface area contributed by atoms with Crippen molar-refractivity contribution in [1.82, 2.24) is 10.3 Å². The molecule has 1 saturated heterocycles. The Labute approximate surface area is 127 Å². The van der Waals surface area contributed by atoms with Crippen molar-refractivity contribution in [3.8, 4) is 0 Å². The van der Waals surface area contributed by atoms with E-state index in [1.54, 1.807) is 0 Å². The molecule has 2 heterocycles. The predicted molar refractivity (Wildman–Crippen MR) is 88.8 cm³/mol. The van der Waals surface area contributed by atoms with Crippen LogP contribution in [-0.2, 0) is 6.54 Å². The quantitative estimate of drug-likeness (QED) is 0.890. The molecule has 20 heavy (non-hydrogen) atoms. The minimum atomic E-state index is 0.420. The Hall–Kier alpha value is -0.610. The molecule has 1 atom stereocenters. The topological polar surface area (TPSA) is 28.2 Å². The zero-order valence-corrected chi connectivity index (χ0v) is 14.4. The summed E-state index contributed by atoms with van der Waals surface area (Å²) < 4.78 is 0. The summed E-state index contributed by atoms with van der Waals surface area (Å²) in [4.78, 5) is 8.91. The summed E-state index contributed by atoms with van der Waals surface area (Å²) in [6.07, 6.45) is 3.77. The van der Waals surface area contributed by atoms with Crippen LogP contribution in [0.15, 0.2) is 0 Å². The molecule has 2 rings (SSSR count). The zero-order valence-electron chi connectivity index (χ0n) is 13.6. The van der Waals surface area contributed by atoms with Crippen LogP contribution < -0.4 is 10.2 Å². The molecule has 1 unspecified atom stereocenters. The van der Waals surface area contributed by atoms with Crippen LogP contribution in [0.5, 0.6) is 0 Å². The second-order valence-corrected chi connectivity index (χ2v) is 7.90. The molecular weight excluding hydrogens is 266 g/mol. The summed E-state index contributed by atoms with van der Waals surface area (Å²) in [6.45, 7) is 12.5. The van der Waals surface area contributed by atoms with E-state index in [0.717, 1.165) is 26.1 Å². The van der Waals surface area contributed by atoms with Gasteiger partial charge in [-0.3, -0.25) is 0 Å². The summed E-state index contributed by atoms with van der Waals surface area (Å²) in [5.74, 6) is 0.557. The first kappa shape index (κ1) is 15.8. The lowest BCUT2D eigenvalue weighted by atomic mass is 9.84. The van der Waals surface area contributed by atoms with Gasteiger partial charge in [0.1, 0.15) is 0 Å². The first-order valence-electron chi connectivity index (χ1n) is 7.86. The smallest absolute Gasteiger partial charge is 0.185 e. The van der Waals surface area contributed by atoms with Gasteiger partial charge in [0, 0.05) is 24.5 Å². The number of nitrogens with one attached hydrogen (secondary N) is 1. The summed E-state index contributed by atoms with van der Waals surface area (Å²) >= 11 is 1.89. The van der Waals surface area contributed by atoms with Crippen molar-refractivity contribution < 1.29 is 0 Å². The largest absolute Gasteiger partial charge is 0.348 e.